The zero-order valence-corrected chi connectivity index (χ0v) is 12.0. The minimum Gasteiger partial charge on any atom is -0.481 e. The van der Waals surface area contributed by atoms with Crippen molar-refractivity contribution in [1.82, 2.24) is 20.5 Å². The third-order valence-corrected chi connectivity index (χ3v) is 2.86. The number of nitrogens with one attached hydrogen (secondary N) is 2. The molecule has 1 aromatic rings. The number of carbonyl (C=O) groups is 2. The lowest BCUT2D eigenvalue weighted by Crippen LogP contribution is -2.25. The maximum absolute atomic E-state index is 11.7. The first-order valence-corrected chi connectivity index (χ1v) is 6.93. The Hall–Kier alpha value is -1.92. The van der Waals surface area contributed by atoms with Crippen molar-refractivity contribution in [1.29, 1.82) is 0 Å². The number of amides is 1. The Morgan fingerprint density at radius 2 is 1.95 bits per heavy atom. The molecule has 0 atom stereocenters. The fourth-order valence-electron chi connectivity index (χ4n) is 1.67. The molecule has 0 aliphatic carbocycles. The molecule has 7 heteroatoms. The van der Waals surface area contributed by atoms with Crippen molar-refractivity contribution in [3.8, 4) is 0 Å². The lowest BCUT2D eigenvalue weighted by molar-refractivity contribution is -0.137. The molecular weight excluding hydrogens is 260 g/mol. The van der Waals surface area contributed by atoms with Gasteiger partial charge in [-0.2, -0.15) is 0 Å². The van der Waals surface area contributed by atoms with Crippen molar-refractivity contribution in [2.75, 3.05) is 6.54 Å². The maximum Gasteiger partial charge on any atom is 0.303 e. The van der Waals surface area contributed by atoms with E-state index in [2.05, 4.69) is 20.5 Å². The number of carboxylic acid groups (broad SMARTS) is 1. The van der Waals surface area contributed by atoms with Crippen LogP contribution in [0, 0.1) is 0 Å². The average molecular weight is 282 g/mol. The molecule has 0 aromatic carbocycles. The van der Waals surface area contributed by atoms with Crippen LogP contribution in [0.1, 0.15) is 68.3 Å². The number of carbonyl (C=O) groups excluding carboxylic acids is 1. The summed E-state index contributed by atoms with van der Waals surface area (Å²) in [6.07, 6.45) is 3.48. The predicted molar refractivity (Wildman–Crippen MR) is 73.5 cm³/mol. The standard InChI is InChI=1S/C13H22N4O3/c1-9(2)11-15-12(17-16-11)13(20)14-8-6-4-3-5-7-10(18)19/h9H,3-8H2,1-2H3,(H,14,20)(H,18,19)(H,15,16,17). The highest BCUT2D eigenvalue weighted by atomic mass is 16.4. The van der Waals surface area contributed by atoms with Crippen LogP contribution in [0.25, 0.3) is 0 Å². The third-order valence-electron chi connectivity index (χ3n) is 2.86. The molecule has 0 aliphatic rings. The Morgan fingerprint density at radius 3 is 2.55 bits per heavy atom. The fourth-order valence-corrected chi connectivity index (χ4v) is 1.67. The van der Waals surface area contributed by atoms with Gasteiger partial charge in [-0.25, -0.2) is 4.98 Å². The minimum atomic E-state index is -0.760. The normalized spacial score (nSPS) is 10.8. The number of rotatable bonds is 9. The summed E-state index contributed by atoms with van der Waals surface area (Å²) in [5.41, 5.74) is 0. The van der Waals surface area contributed by atoms with E-state index in [1.54, 1.807) is 0 Å². The molecule has 0 saturated carbocycles. The summed E-state index contributed by atoms with van der Waals surface area (Å²) in [5, 5.41) is 17.8. The summed E-state index contributed by atoms with van der Waals surface area (Å²) >= 11 is 0. The monoisotopic (exact) mass is 282 g/mol. The second-order valence-electron chi connectivity index (χ2n) is 5.01. The van der Waals surface area contributed by atoms with Crippen molar-refractivity contribution in [2.24, 2.45) is 0 Å². The summed E-state index contributed by atoms with van der Waals surface area (Å²) in [6, 6.07) is 0. The zero-order valence-electron chi connectivity index (χ0n) is 12.0. The van der Waals surface area contributed by atoms with Gasteiger partial charge in [0.2, 0.25) is 5.82 Å². The molecule has 1 amide bonds. The van der Waals surface area contributed by atoms with Gasteiger partial charge in [0.05, 0.1) is 0 Å². The summed E-state index contributed by atoms with van der Waals surface area (Å²) in [5.74, 6) is 0.0317. The second-order valence-corrected chi connectivity index (χ2v) is 5.01. The topological polar surface area (TPSA) is 108 Å². The molecule has 0 aliphatic heterocycles. The molecular formula is C13H22N4O3. The van der Waals surface area contributed by atoms with E-state index in [1.165, 1.54) is 0 Å². The van der Waals surface area contributed by atoms with Crippen LogP contribution < -0.4 is 5.32 Å². The highest BCUT2D eigenvalue weighted by Crippen LogP contribution is 2.07. The van der Waals surface area contributed by atoms with Gasteiger partial charge >= 0.3 is 5.97 Å². The van der Waals surface area contributed by atoms with Crippen LogP contribution in [0.4, 0.5) is 0 Å². The average Bonchev–Trinajstić information content (AvgIpc) is 2.86. The van der Waals surface area contributed by atoms with Gasteiger partial charge in [-0.15, -0.1) is 5.10 Å². The summed E-state index contributed by atoms with van der Waals surface area (Å²) in [6.45, 7) is 4.50. The largest absolute Gasteiger partial charge is 0.481 e. The molecule has 0 bridgehead atoms. The van der Waals surface area contributed by atoms with Crippen molar-refractivity contribution in [3.63, 3.8) is 0 Å². The van der Waals surface area contributed by atoms with Crippen molar-refractivity contribution in [2.45, 2.75) is 51.9 Å². The van der Waals surface area contributed by atoms with E-state index < -0.39 is 5.97 Å². The van der Waals surface area contributed by atoms with E-state index in [-0.39, 0.29) is 24.1 Å². The SMILES string of the molecule is CC(C)c1nc(C(=O)NCCCCCCC(=O)O)n[nH]1. The Labute approximate surface area is 118 Å². The highest BCUT2D eigenvalue weighted by molar-refractivity contribution is 5.90. The highest BCUT2D eigenvalue weighted by Gasteiger charge is 2.13. The summed E-state index contributed by atoms with van der Waals surface area (Å²) in [4.78, 5) is 26.1. The molecule has 1 rings (SSSR count). The van der Waals surface area contributed by atoms with Gasteiger partial charge in [0.25, 0.3) is 5.91 Å². The van der Waals surface area contributed by atoms with Gasteiger partial charge in [0, 0.05) is 18.9 Å². The molecule has 0 saturated heterocycles. The smallest absolute Gasteiger partial charge is 0.303 e. The molecule has 0 fully saturated rings. The van der Waals surface area contributed by atoms with E-state index in [1.807, 2.05) is 13.8 Å². The molecule has 20 heavy (non-hydrogen) atoms. The first kappa shape index (κ1) is 16.1. The summed E-state index contributed by atoms with van der Waals surface area (Å²) in [7, 11) is 0. The van der Waals surface area contributed by atoms with E-state index in [4.69, 9.17) is 5.11 Å². The lowest BCUT2D eigenvalue weighted by Gasteiger charge is -2.02. The number of hydrogen-bond donors (Lipinski definition) is 3. The van der Waals surface area contributed by atoms with Gasteiger partial charge in [-0.3, -0.25) is 14.7 Å². The van der Waals surface area contributed by atoms with Gasteiger partial charge in [-0.05, 0) is 12.8 Å². The van der Waals surface area contributed by atoms with Crippen molar-refractivity contribution >= 4 is 11.9 Å². The Morgan fingerprint density at radius 1 is 1.25 bits per heavy atom. The minimum absolute atomic E-state index is 0.166. The molecule has 3 N–H and O–H groups in total. The molecule has 112 valence electrons. The quantitative estimate of drug-likeness (QED) is 0.597. The number of unbranched alkanes of at least 4 members (excludes halogenated alkanes) is 3. The van der Waals surface area contributed by atoms with E-state index in [0.717, 1.165) is 19.3 Å². The number of hydrogen-bond acceptors (Lipinski definition) is 4. The van der Waals surface area contributed by atoms with E-state index in [9.17, 15) is 9.59 Å². The van der Waals surface area contributed by atoms with Crippen LogP contribution in [0.3, 0.4) is 0 Å². The predicted octanol–water partition coefficient (Wildman–Crippen LogP) is 1.69. The number of carboxylic acids is 1. The zero-order chi connectivity index (χ0) is 15.0. The molecule has 0 spiro atoms. The number of H-pyrrole nitrogens is 1. The summed E-state index contributed by atoms with van der Waals surface area (Å²) < 4.78 is 0. The van der Waals surface area contributed by atoms with E-state index >= 15 is 0 Å². The number of nitrogens with zero attached hydrogens (tertiary/aromatic N) is 2. The van der Waals surface area contributed by atoms with Crippen LogP contribution in [-0.2, 0) is 4.79 Å². The van der Waals surface area contributed by atoms with Gasteiger partial charge in [0.1, 0.15) is 5.82 Å². The third kappa shape index (κ3) is 5.81. The Bertz CT molecular complexity index is 443. The van der Waals surface area contributed by atoms with Crippen LogP contribution in [-0.4, -0.2) is 38.7 Å². The van der Waals surface area contributed by atoms with E-state index in [0.29, 0.717) is 18.8 Å². The number of aromatic amines is 1. The molecule has 1 heterocycles. The molecule has 7 nitrogen and oxygen atoms in total. The molecule has 1 aromatic heterocycles. The molecule has 0 radical (unpaired) electrons. The molecule has 0 unspecified atom stereocenters. The van der Waals surface area contributed by atoms with Gasteiger partial charge < -0.3 is 10.4 Å². The maximum atomic E-state index is 11.7. The van der Waals surface area contributed by atoms with Gasteiger partial charge in [0.15, 0.2) is 0 Å². The lowest BCUT2D eigenvalue weighted by atomic mass is 10.1. The van der Waals surface area contributed by atoms with Crippen LogP contribution in [0.15, 0.2) is 0 Å². The fraction of sp³-hybridized carbons (Fsp3) is 0.692. The van der Waals surface area contributed by atoms with Crippen LogP contribution in [0.2, 0.25) is 0 Å². The number of aliphatic carboxylic acids is 1. The second kappa shape index (κ2) is 8.29. The van der Waals surface area contributed by atoms with Crippen LogP contribution in [0.5, 0.6) is 0 Å². The van der Waals surface area contributed by atoms with Crippen LogP contribution >= 0.6 is 0 Å². The number of aromatic nitrogens is 3. The Kier molecular flexibility index (Phi) is 6.69. The van der Waals surface area contributed by atoms with Crippen molar-refractivity contribution < 1.29 is 14.7 Å². The van der Waals surface area contributed by atoms with Gasteiger partial charge in [-0.1, -0.05) is 26.7 Å². The first-order valence-electron chi connectivity index (χ1n) is 6.93. The van der Waals surface area contributed by atoms with Crippen molar-refractivity contribution in [3.05, 3.63) is 11.6 Å². The Balaban J connectivity index is 2.15. The first-order chi connectivity index (χ1) is 9.50.